The summed E-state index contributed by atoms with van der Waals surface area (Å²) < 4.78 is 5.12. The van der Waals surface area contributed by atoms with Crippen LogP contribution < -0.4 is 5.73 Å². The van der Waals surface area contributed by atoms with Gasteiger partial charge in [0.1, 0.15) is 5.54 Å². The topological polar surface area (TPSA) is 113 Å². The Hall–Kier alpha value is -0.335. The zero-order valence-corrected chi connectivity index (χ0v) is 9.65. The van der Waals surface area contributed by atoms with E-state index in [0.29, 0.717) is 19.4 Å². The Morgan fingerprint density at radius 2 is 2.19 bits per heavy atom. The maximum Gasteiger partial charge on any atom is 0.451 e. The first-order valence-electron chi connectivity index (χ1n) is 4.90. The molecule has 0 bridgehead atoms. The number of carboxylic acids is 1. The van der Waals surface area contributed by atoms with Crippen molar-refractivity contribution < 1.29 is 24.7 Å². The van der Waals surface area contributed by atoms with Gasteiger partial charge in [0.15, 0.2) is 0 Å². The minimum absolute atomic E-state index is 0. The van der Waals surface area contributed by atoms with E-state index in [9.17, 15) is 4.79 Å². The number of hydrogen-bond donors (Lipinski definition) is 4. The predicted molar refractivity (Wildman–Crippen MR) is 60.3 cm³/mol. The highest BCUT2D eigenvalue weighted by atomic mass is 35.5. The van der Waals surface area contributed by atoms with Crippen LogP contribution in [0.3, 0.4) is 0 Å². The van der Waals surface area contributed by atoms with Crippen molar-refractivity contribution in [2.45, 2.75) is 24.7 Å². The highest BCUT2D eigenvalue weighted by Crippen LogP contribution is 2.25. The summed E-state index contributed by atoms with van der Waals surface area (Å²) in [6.07, 6.45) is 1.03. The molecule has 0 aromatic carbocycles. The molecule has 1 heterocycles. The van der Waals surface area contributed by atoms with Crippen molar-refractivity contribution in [1.82, 2.24) is 0 Å². The quantitative estimate of drug-likeness (QED) is 0.483. The molecule has 5 N–H and O–H groups in total. The number of rotatable bonds is 4. The van der Waals surface area contributed by atoms with Crippen molar-refractivity contribution >= 4 is 25.5 Å². The van der Waals surface area contributed by atoms with E-state index in [4.69, 9.17) is 25.6 Å². The molecule has 0 aromatic heterocycles. The number of aliphatic carboxylic acids is 1. The van der Waals surface area contributed by atoms with Gasteiger partial charge < -0.3 is 25.6 Å². The molecule has 8 heteroatoms. The second kappa shape index (κ2) is 6.41. The average Bonchev–Trinajstić information content (AvgIpc) is 2.15. The molecule has 0 radical (unpaired) electrons. The van der Waals surface area contributed by atoms with E-state index < -0.39 is 18.6 Å². The van der Waals surface area contributed by atoms with Crippen LogP contribution in [-0.2, 0) is 9.53 Å². The van der Waals surface area contributed by atoms with Gasteiger partial charge >= 0.3 is 13.1 Å². The first-order valence-corrected chi connectivity index (χ1v) is 4.90. The van der Waals surface area contributed by atoms with Crippen LogP contribution in [-0.4, -0.2) is 47.0 Å². The highest BCUT2D eigenvalue weighted by Gasteiger charge is 2.40. The second-order valence-corrected chi connectivity index (χ2v) is 4.10. The molecule has 16 heavy (non-hydrogen) atoms. The summed E-state index contributed by atoms with van der Waals surface area (Å²) in [5, 5.41) is 26.3. The first-order chi connectivity index (χ1) is 6.94. The van der Waals surface area contributed by atoms with E-state index in [1.54, 1.807) is 0 Å². The van der Waals surface area contributed by atoms with Crippen molar-refractivity contribution in [1.29, 1.82) is 0 Å². The fraction of sp³-hybridized carbons (Fsp3) is 0.875. The van der Waals surface area contributed by atoms with Crippen molar-refractivity contribution in [2.75, 3.05) is 13.2 Å². The lowest BCUT2D eigenvalue weighted by atomic mass is 9.77. The SMILES string of the molecule is Cl.N[C@@]1(C(=O)O)COC[C@@H](CCB(O)O)C1. The van der Waals surface area contributed by atoms with Gasteiger partial charge in [-0.05, 0) is 25.1 Å². The summed E-state index contributed by atoms with van der Waals surface area (Å²) in [4.78, 5) is 10.9. The molecule has 1 saturated heterocycles. The largest absolute Gasteiger partial charge is 0.480 e. The van der Waals surface area contributed by atoms with Crippen LogP contribution in [0.1, 0.15) is 12.8 Å². The van der Waals surface area contributed by atoms with Gasteiger partial charge in [0.05, 0.1) is 6.61 Å². The number of hydrogen-bond acceptors (Lipinski definition) is 5. The van der Waals surface area contributed by atoms with Crippen molar-refractivity contribution in [2.24, 2.45) is 11.7 Å². The van der Waals surface area contributed by atoms with E-state index in [2.05, 4.69) is 0 Å². The lowest BCUT2D eigenvalue weighted by Crippen LogP contribution is -2.56. The zero-order chi connectivity index (χ0) is 11.5. The summed E-state index contributed by atoms with van der Waals surface area (Å²) in [6.45, 7) is 0.444. The third-order valence-corrected chi connectivity index (χ3v) is 2.63. The monoisotopic (exact) mass is 253 g/mol. The number of halogens is 1. The van der Waals surface area contributed by atoms with Crippen molar-refractivity contribution in [3.63, 3.8) is 0 Å². The molecule has 0 amide bonds. The summed E-state index contributed by atoms with van der Waals surface area (Å²) in [5.41, 5.74) is 4.32. The molecule has 6 nitrogen and oxygen atoms in total. The molecule has 0 saturated carbocycles. The molecule has 0 aromatic rings. The number of carboxylic acid groups (broad SMARTS) is 1. The van der Waals surface area contributed by atoms with E-state index in [1.807, 2.05) is 0 Å². The molecule has 1 aliphatic heterocycles. The van der Waals surface area contributed by atoms with Gasteiger partial charge in [0.25, 0.3) is 0 Å². The lowest BCUT2D eigenvalue weighted by molar-refractivity contribution is -0.150. The Kier molecular flexibility index (Phi) is 6.28. The number of ether oxygens (including phenoxy) is 1. The predicted octanol–water partition coefficient (Wildman–Crippen LogP) is -0.910. The van der Waals surface area contributed by atoms with E-state index in [0.717, 1.165) is 0 Å². The van der Waals surface area contributed by atoms with Gasteiger partial charge in [-0.25, -0.2) is 0 Å². The summed E-state index contributed by atoms with van der Waals surface area (Å²) in [5.74, 6) is -1.10. The molecular weight excluding hydrogens is 236 g/mol. The molecule has 1 rings (SSSR count). The van der Waals surface area contributed by atoms with Gasteiger partial charge in [0, 0.05) is 6.61 Å². The fourth-order valence-corrected chi connectivity index (χ4v) is 1.76. The van der Waals surface area contributed by atoms with Crippen molar-refractivity contribution in [3.8, 4) is 0 Å². The summed E-state index contributed by atoms with van der Waals surface area (Å²) in [7, 11) is -1.36. The average molecular weight is 253 g/mol. The van der Waals surface area contributed by atoms with Gasteiger partial charge in [-0.1, -0.05) is 0 Å². The van der Waals surface area contributed by atoms with E-state index >= 15 is 0 Å². The van der Waals surface area contributed by atoms with E-state index in [1.165, 1.54) is 0 Å². The molecular formula is C8H17BClNO5. The third-order valence-electron chi connectivity index (χ3n) is 2.63. The van der Waals surface area contributed by atoms with Crippen LogP contribution in [0, 0.1) is 5.92 Å². The van der Waals surface area contributed by atoms with Gasteiger partial charge in [-0.15, -0.1) is 12.4 Å². The Labute approximate surface area is 100 Å². The molecule has 1 aliphatic rings. The molecule has 0 aliphatic carbocycles. The normalized spacial score (nSPS) is 29.3. The Bertz CT molecular complexity index is 242. The summed E-state index contributed by atoms with van der Waals surface area (Å²) in [6, 6.07) is 0. The highest BCUT2D eigenvalue weighted by molar-refractivity contribution is 6.40. The molecule has 1 fully saturated rings. The number of nitrogens with two attached hydrogens (primary N) is 1. The third kappa shape index (κ3) is 4.27. The molecule has 0 unspecified atom stereocenters. The van der Waals surface area contributed by atoms with Crippen LogP contribution in [0.2, 0.25) is 6.32 Å². The Balaban J connectivity index is 0.00000225. The smallest absolute Gasteiger partial charge is 0.451 e. The van der Waals surface area contributed by atoms with Crippen LogP contribution in [0.25, 0.3) is 0 Å². The van der Waals surface area contributed by atoms with Gasteiger partial charge in [-0.3, -0.25) is 4.79 Å². The maximum atomic E-state index is 10.9. The first kappa shape index (κ1) is 15.7. The minimum atomic E-state index is -1.36. The lowest BCUT2D eigenvalue weighted by Gasteiger charge is -2.34. The van der Waals surface area contributed by atoms with Crippen molar-refractivity contribution in [3.05, 3.63) is 0 Å². The van der Waals surface area contributed by atoms with Crippen LogP contribution in [0.4, 0.5) is 0 Å². The van der Waals surface area contributed by atoms with Crippen LogP contribution in [0.15, 0.2) is 0 Å². The standard InChI is InChI=1S/C8H16BNO5.ClH/c10-8(7(11)12)3-6(4-15-5-8)1-2-9(13)14;/h6,13-14H,1-5,10H2,(H,11,12);1H/t6-,8+;/m0./s1. The van der Waals surface area contributed by atoms with Crippen LogP contribution >= 0.6 is 12.4 Å². The fourth-order valence-electron chi connectivity index (χ4n) is 1.76. The van der Waals surface area contributed by atoms with E-state index in [-0.39, 0.29) is 31.3 Å². The Morgan fingerprint density at radius 3 is 2.69 bits per heavy atom. The Morgan fingerprint density at radius 1 is 1.56 bits per heavy atom. The zero-order valence-electron chi connectivity index (χ0n) is 8.83. The minimum Gasteiger partial charge on any atom is -0.480 e. The van der Waals surface area contributed by atoms with Gasteiger partial charge in [-0.2, -0.15) is 0 Å². The number of carbonyl (C=O) groups is 1. The second-order valence-electron chi connectivity index (χ2n) is 4.10. The van der Waals surface area contributed by atoms with Crippen LogP contribution in [0.5, 0.6) is 0 Å². The molecule has 2 atom stereocenters. The van der Waals surface area contributed by atoms with Gasteiger partial charge in [0.2, 0.25) is 0 Å². The molecule has 94 valence electrons. The maximum absolute atomic E-state index is 10.9. The summed E-state index contributed by atoms with van der Waals surface area (Å²) >= 11 is 0. The molecule has 0 spiro atoms.